The fraction of sp³-hybridized carbons (Fsp3) is 0.667. The largest absolute Gasteiger partial charge is 0.785 e. The fourth-order valence-electron chi connectivity index (χ4n) is 5.50. The molecule has 224 valence electrons. The number of hydrogen-bond donors (Lipinski definition) is 1. The van der Waals surface area contributed by atoms with Gasteiger partial charge in [0.05, 0.1) is 0 Å². The molecule has 4 heteroatoms. The molecule has 0 saturated heterocycles. The molecular formula is C36H59BO3. The first kappa shape index (κ1) is 34.3. The lowest BCUT2D eigenvalue weighted by atomic mass is 10.0. The molecule has 0 radical (unpaired) electrons. The Bertz CT molecular complexity index is 786. The summed E-state index contributed by atoms with van der Waals surface area (Å²) < 4.78 is 11.8. The number of hydrogen-bond acceptors (Lipinski definition) is 3. The van der Waals surface area contributed by atoms with Crippen molar-refractivity contribution in [2.75, 3.05) is 0 Å². The van der Waals surface area contributed by atoms with Crippen molar-refractivity contribution in [3.63, 3.8) is 0 Å². The Kier molecular flexibility index (Phi) is 20.3. The van der Waals surface area contributed by atoms with Crippen molar-refractivity contribution in [2.24, 2.45) is 0 Å². The molecule has 0 aliphatic heterocycles. The third-order valence-corrected chi connectivity index (χ3v) is 8.00. The monoisotopic (exact) mass is 550 g/mol. The van der Waals surface area contributed by atoms with Gasteiger partial charge in [0.15, 0.2) is 0 Å². The van der Waals surface area contributed by atoms with E-state index in [0.717, 1.165) is 48.3 Å². The molecule has 0 amide bonds. The Balaban J connectivity index is 1.67. The van der Waals surface area contributed by atoms with E-state index in [1.165, 1.54) is 116 Å². The van der Waals surface area contributed by atoms with Crippen LogP contribution in [0.3, 0.4) is 0 Å². The zero-order valence-corrected chi connectivity index (χ0v) is 26.0. The highest BCUT2D eigenvalue weighted by Gasteiger charge is 2.23. The number of unbranched alkanes of at least 4 members (excludes halogenated alkanes) is 18. The van der Waals surface area contributed by atoms with Crippen molar-refractivity contribution in [3.8, 4) is 11.5 Å². The average Bonchev–Trinajstić information content (AvgIpc) is 2.96. The highest BCUT2D eigenvalue weighted by Crippen LogP contribution is 2.25. The number of benzene rings is 2. The molecule has 0 aliphatic rings. The summed E-state index contributed by atoms with van der Waals surface area (Å²) in [4.78, 5) is 0. The first-order chi connectivity index (χ1) is 19.7. The molecule has 2 aromatic rings. The van der Waals surface area contributed by atoms with E-state index >= 15 is 0 Å². The predicted octanol–water partition coefficient (Wildman–Crippen LogP) is 11.0. The quantitative estimate of drug-likeness (QED) is 0.0935. The van der Waals surface area contributed by atoms with Crippen LogP contribution < -0.4 is 9.31 Å². The molecule has 0 aromatic heterocycles. The smallest absolute Gasteiger partial charge is 0.501 e. The molecule has 1 N–H and O–H groups in total. The Morgan fingerprint density at radius 2 is 0.750 bits per heavy atom. The van der Waals surface area contributed by atoms with E-state index in [9.17, 15) is 5.02 Å². The van der Waals surface area contributed by atoms with Crippen LogP contribution >= 0.6 is 0 Å². The van der Waals surface area contributed by atoms with Gasteiger partial charge in [0, 0.05) is 0 Å². The minimum absolute atomic E-state index is 0.720. The second-order valence-corrected chi connectivity index (χ2v) is 11.6. The molecule has 0 bridgehead atoms. The highest BCUT2D eigenvalue weighted by molar-refractivity contribution is 6.36. The van der Waals surface area contributed by atoms with Crippen molar-refractivity contribution in [3.05, 3.63) is 59.7 Å². The predicted molar refractivity (Wildman–Crippen MR) is 173 cm³/mol. The maximum atomic E-state index is 10.7. The van der Waals surface area contributed by atoms with Crippen LogP contribution in [0, 0.1) is 0 Å². The van der Waals surface area contributed by atoms with Crippen molar-refractivity contribution in [2.45, 2.75) is 155 Å². The summed E-state index contributed by atoms with van der Waals surface area (Å²) in [7, 11) is -1.32. The molecule has 0 spiro atoms. The van der Waals surface area contributed by atoms with Gasteiger partial charge in [0.1, 0.15) is 11.5 Å². The van der Waals surface area contributed by atoms with Crippen molar-refractivity contribution < 1.29 is 14.3 Å². The van der Waals surface area contributed by atoms with E-state index in [1.54, 1.807) is 0 Å². The summed E-state index contributed by atoms with van der Waals surface area (Å²) in [5.74, 6) is 1.44. The van der Waals surface area contributed by atoms with Gasteiger partial charge in [-0.25, -0.2) is 0 Å². The zero-order chi connectivity index (χ0) is 28.5. The lowest BCUT2D eigenvalue weighted by molar-refractivity contribution is 0.295. The van der Waals surface area contributed by atoms with Crippen LogP contribution in [0.1, 0.15) is 153 Å². The minimum atomic E-state index is -1.32. The lowest BCUT2D eigenvalue weighted by Gasteiger charge is -2.16. The summed E-state index contributed by atoms with van der Waals surface area (Å²) in [6.45, 7) is 4.55. The fourth-order valence-corrected chi connectivity index (χ4v) is 5.50. The van der Waals surface area contributed by atoms with Gasteiger partial charge < -0.3 is 14.3 Å². The third-order valence-electron chi connectivity index (χ3n) is 8.00. The van der Waals surface area contributed by atoms with Gasteiger partial charge in [-0.3, -0.25) is 0 Å². The van der Waals surface area contributed by atoms with Gasteiger partial charge >= 0.3 is 7.32 Å². The Morgan fingerprint density at radius 3 is 1.10 bits per heavy atom. The zero-order valence-electron chi connectivity index (χ0n) is 26.0. The SMILES string of the molecule is CCCCCCCCCCCCc1ccccc1OB(O)Oc1ccccc1CCCCCCCCCCCC. The van der Waals surface area contributed by atoms with Crippen LogP contribution in [0.15, 0.2) is 48.5 Å². The average molecular weight is 551 g/mol. The lowest BCUT2D eigenvalue weighted by Crippen LogP contribution is -2.30. The van der Waals surface area contributed by atoms with Crippen molar-refractivity contribution in [1.29, 1.82) is 0 Å². The minimum Gasteiger partial charge on any atom is -0.501 e. The van der Waals surface area contributed by atoms with Gasteiger partial charge in [0.25, 0.3) is 0 Å². The summed E-state index contributed by atoms with van der Waals surface area (Å²) >= 11 is 0. The molecule has 0 fully saturated rings. The number of aryl methyl sites for hydroxylation is 2. The van der Waals surface area contributed by atoms with E-state index in [2.05, 4.69) is 26.0 Å². The van der Waals surface area contributed by atoms with Crippen LogP contribution in [0.5, 0.6) is 11.5 Å². The molecule has 3 nitrogen and oxygen atoms in total. The summed E-state index contributed by atoms with van der Waals surface area (Å²) in [6.07, 6.45) is 28.5. The standard InChI is InChI=1S/C36H59BO3/c1-3-5-7-9-11-13-15-17-19-21-27-33-29-23-25-31-35(33)39-37(38)40-36-32-26-24-30-34(36)28-22-20-18-16-14-12-10-8-6-4-2/h23-26,29-32,38H,3-22,27-28H2,1-2H3. The Labute approximate surface area is 247 Å². The molecule has 2 aromatic carbocycles. The topological polar surface area (TPSA) is 38.7 Å². The summed E-state index contributed by atoms with van der Waals surface area (Å²) in [5.41, 5.74) is 2.28. The number of para-hydroxylation sites is 2. The van der Waals surface area contributed by atoms with Gasteiger partial charge in [-0.15, -0.1) is 0 Å². The van der Waals surface area contributed by atoms with Gasteiger partial charge in [-0.2, -0.15) is 0 Å². The molecule has 0 unspecified atom stereocenters. The van der Waals surface area contributed by atoms with Crippen LogP contribution in [0.4, 0.5) is 0 Å². The third kappa shape index (κ3) is 16.4. The van der Waals surface area contributed by atoms with Crippen LogP contribution in [0.2, 0.25) is 0 Å². The maximum absolute atomic E-state index is 10.7. The van der Waals surface area contributed by atoms with Gasteiger partial charge in [-0.05, 0) is 48.9 Å². The van der Waals surface area contributed by atoms with E-state index in [-0.39, 0.29) is 0 Å². The van der Waals surface area contributed by atoms with E-state index in [4.69, 9.17) is 9.31 Å². The highest BCUT2D eigenvalue weighted by atomic mass is 16.7. The van der Waals surface area contributed by atoms with E-state index in [0.29, 0.717) is 0 Å². The number of rotatable bonds is 26. The summed E-state index contributed by atoms with van der Waals surface area (Å²) in [5, 5.41) is 10.7. The summed E-state index contributed by atoms with van der Waals surface area (Å²) in [6, 6.07) is 16.1. The second-order valence-electron chi connectivity index (χ2n) is 11.6. The first-order valence-corrected chi connectivity index (χ1v) is 16.9. The molecule has 0 aliphatic carbocycles. The first-order valence-electron chi connectivity index (χ1n) is 16.9. The van der Waals surface area contributed by atoms with Crippen LogP contribution in [0.25, 0.3) is 0 Å². The van der Waals surface area contributed by atoms with Gasteiger partial charge in [0.2, 0.25) is 0 Å². The molecule has 0 atom stereocenters. The molecule has 2 rings (SSSR count). The van der Waals surface area contributed by atoms with E-state index < -0.39 is 7.32 Å². The maximum Gasteiger partial charge on any atom is 0.785 e. The van der Waals surface area contributed by atoms with Gasteiger partial charge in [-0.1, -0.05) is 166 Å². The van der Waals surface area contributed by atoms with Crippen LogP contribution in [-0.4, -0.2) is 12.3 Å². The second kappa shape index (κ2) is 23.7. The molecule has 0 heterocycles. The molecule has 40 heavy (non-hydrogen) atoms. The van der Waals surface area contributed by atoms with Crippen molar-refractivity contribution in [1.82, 2.24) is 0 Å². The normalized spacial score (nSPS) is 11.1. The molecule has 0 saturated carbocycles. The molecular weight excluding hydrogens is 491 g/mol. The Hall–Kier alpha value is -1.94. The Morgan fingerprint density at radius 1 is 0.450 bits per heavy atom. The van der Waals surface area contributed by atoms with Crippen LogP contribution in [-0.2, 0) is 12.8 Å². The van der Waals surface area contributed by atoms with Crippen molar-refractivity contribution >= 4 is 7.32 Å². The van der Waals surface area contributed by atoms with E-state index in [1.807, 2.05) is 36.4 Å².